The van der Waals surface area contributed by atoms with E-state index in [2.05, 4.69) is 15.8 Å². The molecule has 4 nitrogen and oxygen atoms in total. The summed E-state index contributed by atoms with van der Waals surface area (Å²) in [6, 6.07) is 7.54. The Bertz CT molecular complexity index is 506. The molecule has 3 rings (SSSR count). The van der Waals surface area contributed by atoms with Gasteiger partial charge in [0.15, 0.2) is 0 Å². The molecule has 0 atom stereocenters. The standard InChI is InChI=1S/C11H10ClN3O/c12-8-3-1-7(2-4-8)9-10-11(16-15-9)14-6-5-13-10/h1-4,13-14H,5-6H2. The molecule has 0 aliphatic carbocycles. The van der Waals surface area contributed by atoms with Crippen molar-refractivity contribution in [3.63, 3.8) is 0 Å². The molecule has 82 valence electrons. The topological polar surface area (TPSA) is 50.1 Å². The number of aromatic nitrogens is 1. The normalized spacial score (nSPS) is 13.8. The van der Waals surface area contributed by atoms with Crippen LogP contribution in [0.3, 0.4) is 0 Å². The zero-order chi connectivity index (χ0) is 11.0. The lowest BCUT2D eigenvalue weighted by Gasteiger charge is -2.14. The Balaban J connectivity index is 2.06. The highest BCUT2D eigenvalue weighted by Gasteiger charge is 2.19. The Kier molecular flexibility index (Phi) is 2.22. The van der Waals surface area contributed by atoms with Crippen LogP contribution >= 0.6 is 11.6 Å². The lowest BCUT2D eigenvalue weighted by atomic mass is 10.1. The third-order valence-corrected chi connectivity index (χ3v) is 2.77. The van der Waals surface area contributed by atoms with Gasteiger partial charge in [-0.25, -0.2) is 0 Å². The van der Waals surface area contributed by atoms with E-state index in [0.717, 1.165) is 30.0 Å². The molecular formula is C11H10ClN3O. The fourth-order valence-electron chi connectivity index (χ4n) is 1.74. The van der Waals surface area contributed by atoms with Crippen molar-refractivity contribution in [1.29, 1.82) is 0 Å². The summed E-state index contributed by atoms with van der Waals surface area (Å²) in [5.74, 6) is 0.705. The van der Waals surface area contributed by atoms with Gasteiger partial charge in [0.25, 0.3) is 0 Å². The number of benzene rings is 1. The minimum Gasteiger partial charge on any atom is -0.377 e. The third kappa shape index (κ3) is 1.51. The van der Waals surface area contributed by atoms with Crippen LogP contribution in [0.5, 0.6) is 0 Å². The minimum absolute atomic E-state index is 0.705. The third-order valence-electron chi connectivity index (χ3n) is 2.52. The van der Waals surface area contributed by atoms with Crippen LogP contribution in [0.4, 0.5) is 11.6 Å². The van der Waals surface area contributed by atoms with Crippen molar-refractivity contribution in [3.8, 4) is 11.3 Å². The second-order valence-electron chi connectivity index (χ2n) is 3.60. The van der Waals surface area contributed by atoms with Gasteiger partial charge in [0.2, 0.25) is 5.88 Å². The molecule has 1 aromatic heterocycles. The van der Waals surface area contributed by atoms with Gasteiger partial charge in [-0.05, 0) is 12.1 Å². The molecule has 2 aromatic rings. The fraction of sp³-hybridized carbons (Fsp3) is 0.182. The summed E-state index contributed by atoms with van der Waals surface area (Å²) < 4.78 is 5.22. The predicted molar refractivity (Wildman–Crippen MR) is 63.9 cm³/mol. The molecule has 0 saturated carbocycles. The van der Waals surface area contributed by atoms with E-state index in [4.69, 9.17) is 16.1 Å². The predicted octanol–water partition coefficient (Wildman–Crippen LogP) is 2.83. The summed E-state index contributed by atoms with van der Waals surface area (Å²) in [6.07, 6.45) is 0. The molecule has 1 aliphatic rings. The number of rotatable bonds is 1. The Morgan fingerprint density at radius 3 is 2.69 bits per heavy atom. The summed E-state index contributed by atoms with van der Waals surface area (Å²) >= 11 is 5.84. The van der Waals surface area contributed by atoms with Gasteiger partial charge in [-0.3, -0.25) is 0 Å². The van der Waals surface area contributed by atoms with Crippen LogP contribution in [0, 0.1) is 0 Å². The zero-order valence-corrected chi connectivity index (χ0v) is 9.21. The molecule has 1 aromatic carbocycles. The van der Waals surface area contributed by atoms with Gasteiger partial charge in [0, 0.05) is 23.7 Å². The first-order chi connectivity index (χ1) is 7.84. The van der Waals surface area contributed by atoms with Crippen molar-refractivity contribution < 1.29 is 4.52 Å². The lowest BCUT2D eigenvalue weighted by Crippen LogP contribution is -2.19. The van der Waals surface area contributed by atoms with Crippen LogP contribution < -0.4 is 10.6 Å². The average Bonchev–Trinajstić information content (AvgIpc) is 2.74. The first kappa shape index (κ1) is 9.54. The van der Waals surface area contributed by atoms with Crippen molar-refractivity contribution in [3.05, 3.63) is 29.3 Å². The molecule has 0 unspecified atom stereocenters. The molecule has 0 amide bonds. The maximum atomic E-state index is 5.84. The van der Waals surface area contributed by atoms with Gasteiger partial charge >= 0.3 is 0 Å². The smallest absolute Gasteiger partial charge is 0.248 e. The molecule has 0 saturated heterocycles. The van der Waals surface area contributed by atoms with Crippen LogP contribution in [0.15, 0.2) is 28.8 Å². The first-order valence-electron chi connectivity index (χ1n) is 5.08. The largest absolute Gasteiger partial charge is 0.377 e. The number of nitrogens with one attached hydrogen (secondary N) is 2. The quantitative estimate of drug-likeness (QED) is 0.798. The highest BCUT2D eigenvalue weighted by molar-refractivity contribution is 6.30. The van der Waals surface area contributed by atoms with Crippen molar-refractivity contribution in [2.75, 3.05) is 23.7 Å². The fourth-order valence-corrected chi connectivity index (χ4v) is 1.87. The van der Waals surface area contributed by atoms with E-state index in [1.54, 1.807) is 0 Å². The molecule has 1 aliphatic heterocycles. The second-order valence-corrected chi connectivity index (χ2v) is 4.03. The molecular weight excluding hydrogens is 226 g/mol. The molecule has 5 heteroatoms. The van der Waals surface area contributed by atoms with E-state index in [1.807, 2.05) is 24.3 Å². The van der Waals surface area contributed by atoms with Gasteiger partial charge in [-0.1, -0.05) is 28.9 Å². The number of anilines is 2. The summed E-state index contributed by atoms with van der Waals surface area (Å²) in [5.41, 5.74) is 2.73. The SMILES string of the molecule is Clc1ccc(-c2noc3c2NCCN3)cc1. The molecule has 2 N–H and O–H groups in total. The summed E-state index contributed by atoms with van der Waals surface area (Å²) in [4.78, 5) is 0. The number of hydrogen-bond acceptors (Lipinski definition) is 4. The monoisotopic (exact) mass is 235 g/mol. The van der Waals surface area contributed by atoms with E-state index in [-0.39, 0.29) is 0 Å². The molecule has 2 heterocycles. The van der Waals surface area contributed by atoms with E-state index >= 15 is 0 Å². The lowest BCUT2D eigenvalue weighted by molar-refractivity contribution is 0.434. The number of halogens is 1. The van der Waals surface area contributed by atoms with E-state index in [9.17, 15) is 0 Å². The average molecular weight is 236 g/mol. The Labute approximate surface area is 97.6 Å². The van der Waals surface area contributed by atoms with Crippen molar-refractivity contribution in [2.45, 2.75) is 0 Å². The van der Waals surface area contributed by atoms with Crippen molar-refractivity contribution >= 4 is 23.2 Å². The number of nitrogens with zero attached hydrogens (tertiary/aromatic N) is 1. The van der Waals surface area contributed by atoms with E-state index in [0.29, 0.717) is 10.9 Å². The van der Waals surface area contributed by atoms with Gasteiger partial charge < -0.3 is 15.2 Å². The molecule has 0 radical (unpaired) electrons. The number of fused-ring (bicyclic) bond motifs is 1. The van der Waals surface area contributed by atoms with E-state index in [1.165, 1.54) is 0 Å². The van der Waals surface area contributed by atoms with Crippen LogP contribution in [0.25, 0.3) is 11.3 Å². The summed E-state index contributed by atoms with van der Waals surface area (Å²) in [7, 11) is 0. The molecule has 16 heavy (non-hydrogen) atoms. The summed E-state index contributed by atoms with van der Waals surface area (Å²) in [6.45, 7) is 1.72. The van der Waals surface area contributed by atoms with Gasteiger partial charge in [-0.15, -0.1) is 0 Å². The highest BCUT2D eigenvalue weighted by atomic mass is 35.5. The van der Waals surface area contributed by atoms with Gasteiger partial charge in [-0.2, -0.15) is 0 Å². The zero-order valence-electron chi connectivity index (χ0n) is 8.46. The highest BCUT2D eigenvalue weighted by Crippen LogP contribution is 2.35. The first-order valence-corrected chi connectivity index (χ1v) is 5.46. The van der Waals surface area contributed by atoms with Crippen LogP contribution in [-0.2, 0) is 0 Å². The number of hydrogen-bond donors (Lipinski definition) is 2. The van der Waals surface area contributed by atoms with Gasteiger partial charge in [0.05, 0.1) is 0 Å². The minimum atomic E-state index is 0.705. The van der Waals surface area contributed by atoms with Gasteiger partial charge in [0.1, 0.15) is 11.4 Å². The Hall–Kier alpha value is -1.68. The Morgan fingerprint density at radius 2 is 1.88 bits per heavy atom. The van der Waals surface area contributed by atoms with E-state index < -0.39 is 0 Å². The summed E-state index contributed by atoms with van der Waals surface area (Å²) in [5, 5.41) is 11.2. The van der Waals surface area contributed by atoms with Crippen LogP contribution in [0.2, 0.25) is 5.02 Å². The molecule has 0 spiro atoms. The van der Waals surface area contributed by atoms with Crippen LogP contribution in [-0.4, -0.2) is 18.2 Å². The van der Waals surface area contributed by atoms with Crippen molar-refractivity contribution in [1.82, 2.24) is 5.16 Å². The molecule has 0 fully saturated rings. The van der Waals surface area contributed by atoms with Crippen molar-refractivity contribution in [2.24, 2.45) is 0 Å². The maximum Gasteiger partial charge on any atom is 0.248 e. The van der Waals surface area contributed by atoms with Crippen LogP contribution in [0.1, 0.15) is 0 Å². The maximum absolute atomic E-state index is 5.84. The second kappa shape index (κ2) is 3.72. The Morgan fingerprint density at radius 1 is 1.12 bits per heavy atom. The molecule has 0 bridgehead atoms.